The summed E-state index contributed by atoms with van der Waals surface area (Å²) in [6, 6.07) is 5.71. The van der Waals surface area contributed by atoms with Gasteiger partial charge in [-0.05, 0) is 23.8 Å². The topological polar surface area (TPSA) is 58.6 Å². The number of fused-ring (bicyclic) bond motifs is 1. The van der Waals surface area contributed by atoms with Crippen molar-refractivity contribution in [2.45, 2.75) is 6.42 Å². The fraction of sp³-hybridized carbons (Fsp3) is 0.182. The van der Waals surface area contributed by atoms with E-state index in [1.165, 1.54) is 6.20 Å². The maximum Gasteiger partial charge on any atom is 0.329 e. The number of hydrogen-bond donors (Lipinski definition) is 2. The molecule has 1 heterocycles. The molecular weight excluding hydrogens is 194 g/mol. The van der Waals surface area contributed by atoms with Crippen molar-refractivity contribution in [3.8, 4) is 5.75 Å². The van der Waals surface area contributed by atoms with Crippen LogP contribution in [0.25, 0.3) is 0 Å². The summed E-state index contributed by atoms with van der Waals surface area (Å²) < 4.78 is 5.36. The van der Waals surface area contributed by atoms with Gasteiger partial charge in [0.1, 0.15) is 5.75 Å². The lowest BCUT2D eigenvalue weighted by atomic mass is 10.1. The molecule has 0 fully saturated rings. The van der Waals surface area contributed by atoms with Gasteiger partial charge < -0.3 is 15.2 Å². The maximum absolute atomic E-state index is 10.2. The summed E-state index contributed by atoms with van der Waals surface area (Å²) in [6.07, 6.45) is 3.37. The van der Waals surface area contributed by atoms with Gasteiger partial charge in [0.05, 0.1) is 6.61 Å². The zero-order valence-electron chi connectivity index (χ0n) is 8.06. The molecular formula is C11H11NO3. The van der Waals surface area contributed by atoms with Crippen molar-refractivity contribution in [2.24, 2.45) is 0 Å². The predicted octanol–water partition coefficient (Wildman–Crippen LogP) is 1.63. The van der Waals surface area contributed by atoms with E-state index in [4.69, 9.17) is 9.84 Å². The molecule has 0 saturated heterocycles. The van der Waals surface area contributed by atoms with Gasteiger partial charge in [-0.15, -0.1) is 0 Å². The predicted molar refractivity (Wildman–Crippen MR) is 56.0 cm³/mol. The van der Waals surface area contributed by atoms with Crippen LogP contribution < -0.4 is 10.1 Å². The van der Waals surface area contributed by atoms with E-state index in [9.17, 15) is 4.79 Å². The van der Waals surface area contributed by atoms with E-state index in [0.29, 0.717) is 0 Å². The maximum atomic E-state index is 10.2. The highest BCUT2D eigenvalue weighted by molar-refractivity contribution is 5.80. The molecule has 78 valence electrons. The summed E-state index contributed by atoms with van der Waals surface area (Å²) in [7, 11) is 0. The second-order valence-electron chi connectivity index (χ2n) is 3.24. The van der Waals surface area contributed by atoms with Gasteiger partial charge in [0.2, 0.25) is 0 Å². The number of ether oxygens (including phenoxy) is 1. The molecule has 1 aromatic rings. The van der Waals surface area contributed by atoms with Crippen LogP contribution >= 0.6 is 0 Å². The summed E-state index contributed by atoms with van der Waals surface area (Å²) in [5.41, 5.74) is 2.03. The highest BCUT2D eigenvalue weighted by atomic mass is 16.5. The summed E-state index contributed by atoms with van der Waals surface area (Å²) in [4.78, 5) is 10.2. The summed E-state index contributed by atoms with van der Waals surface area (Å²) >= 11 is 0. The zero-order chi connectivity index (χ0) is 10.7. The number of nitrogens with one attached hydrogen (secondary N) is 1. The van der Waals surface area contributed by atoms with Gasteiger partial charge in [-0.2, -0.15) is 0 Å². The monoisotopic (exact) mass is 205 g/mol. The normalized spacial score (nSPS) is 13.6. The highest BCUT2D eigenvalue weighted by Crippen LogP contribution is 2.27. The van der Waals surface area contributed by atoms with Gasteiger partial charge in [-0.25, -0.2) is 4.79 Å². The first-order valence-electron chi connectivity index (χ1n) is 4.67. The Labute approximate surface area is 87.2 Å². The second-order valence-corrected chi connectivity index (χ2v) is 3.24. The Balaban J connectivity index is 2.07. The molecule has 4 nitrogen and oxygen atoms in total. The molecule has 2 rings (SSSR count). The molecule has 0 bridgehead atoms. The minimum Gasteiger partial charge on any atom is -0.493 e. The van der Waals surface area contributed by atoms with Crippen molar-refractivity contribution in [3.63, 3.8) is 0 Å². The van der Waals surface area contributed by atoms with Crippen LogP contribution in [-0.2, 0) is 11.2 Å². The number of anilines is 1. The average molecular weight is 205 g/mol. The SMILES string of the molecule is O=C(O)/C=C/Nc1ccc2c(c1)CCO2. The largest absolute Gasteiger partial charge is 0.493 e. The Hall–Kier alpha value is -1.97. The van der Waals surface area contributed by atoms with Crippen molar-refractivity contribution in [2.75, 3.05) is 11.9 Å². The minimum absolute atomic E-state index is 0.726. The van der Waals surface area contributed by atoms with E-state index in [1.807, 2.05) is 18.2 Å². The molecule has 0 atom stereocenters. The van der Waals surface area contributed by atoms with Crippen LogP contribution in [0, 0.1) is 0 Å². The number of rotatable bonds is 3. The van der Waals surface area contributed by atoms with Crippen LogP contribution in [0.5, 0.6) is 5.75 Å². The lowest BCUT2D eigenvalue weighted by Crippen LogP contribution is -1.92. The van der Waals surface area contributed by atoms with E-state index in [0.717, 1.165) is 36.1 Å². The third-order valence-electron chi connectivity index (χ3n) is 2.17. The Morgan fingerprint density at radius 1 is 1.53 bits per heavy atom. The Morgan fingerprint density at radius 3 is 3.20 bits per heavy atom. The first kappa shape index (κ1) is 9.58. The molecule has 0 spiro atoms. The van der Waals surface area contributed by atoms with Crippen LogP contribution in [0.4, 0.5) is 5.69 Å². The summed E-state index contributed by atoms with van der Waals surface area (Å²) in [5, 5.41) is 11.3. The van der Waals surface area contributed by atoms with Crippen molar-refractivity contribution in [1.29, 1.82) is 0 Å². The van der Waals surface area contributed by atoms with Crippen LogP contribution in [0.15, 0.2) is 30.5 Å². The number of carbonyl (C=O) groups is 1. The van der Waals surface area contributed by atoms with Gasteiger partial charge in [-0.3, -0.25) is 0 Å². The minimum atomic E-state index is -0.966. The molecule has 1 aliphatic heterocycles. The second kappa shape index (κ2) is 4.04. The molecule has 15 heavy (non-hydrogen) atoms. The number of carboxylic acids is 1. The summed E-state index contributed by atoms with van der Waals surface area (Å²) in [6.45, 7) is 0.726. The van der Waals surface area contributed by atoms with Crippen molar-refractivity contribution < 1.29 is 14.6 Å². The fourth-order valence-corrected chi connectivity index (χ4v) is 1.49. The van der Waals surface area contributed by atoms with Gasteiger partial charge in [0, 0.05) is 24.4 Å². The fourth-order valence-electron chi connectivity index (χ4n) is 1.49. The van der Waals surface area contributed by atoms with Crippen molar-refractivity contribution >= 4 is 11.7 Å². The lowest BCUT2D eigenvalue weighted by Gasteiger charge is -2.02. The standard InChI is InChI=1S/C11H11NO3/c13-11(14)3-5-12-9-1-2-10-8(7-9)4-6-15-10/h1-3,5,7,12H,4,6H2,(H,13,14)/b5-3+. The number of benzene rings is 1. The highest BCUT2D eigenvalue weighted by Gasteiger charge is 2.11. The Morgan fingerprint density at radius 2 is 2.40 bits per heavy atom. The third kappa shape index (κ3) is 2.28. The smallest absolute Gasteiger partial charge is 0.329 e. The molecule has 4 heteroatoms. The van der Waals surface area contributed by atoms with Crippen LogP contribution in [0.3, 0.4) is 0 Å². The van der Waals surface area contributed by atoms with E-state index >= 15 is 0 Å². The van der Waals surface area contributed by atoms with E-state index in [2.05, 4.69) is 5.32 Å². The summed E-state index contributed by atoms with van der Waals surface area (Å²) in [5.74, 6) is -0.0465. The van der Waals surface area contributed by atoms with Gasteiger partial charge in [0.15, 0.2) is 0 Å². The Kier molecular flexibility index (Phi) is 2.58. The molecule has 0 unspecified atom stereocenters. The van der Waals surface area contributed by atoms with Crippen LogP contribution in [-0.4, -0.2) is 17.7 Å². The number of aliphatic carboxylic acids is 1. The van der Waals surface area contributed by atoms with Crippen LogP contribution in [0.2, 0.25) is 0 Å². The van der Waals surface area contributed by atoms with Crippen molar-refractivity contribution in [3.05, 3.63) is 36.0 Å². The molecule has 2 N–H and O–H groups in total. The van der Waals surface area contributed by atoms with Gasteiger partial charge >= 0.3 is 5.97 Å². The average Bonchev–Trinajstić information content (AvgIpc) is 2.64. The van der Waals surface area contributed by atoms with Gasteiger partial charge in [-0.1, -0.05) is 0 Å². The van der Waals surface area contributed by atoms with E-state index < -0.39 is 5.97 Å². The molecule has 0 amide bonds. The molecule has 1 aromatic carbocycles. The lowest BCUT2D eigenvalue weighted by molar-refractivity contribution is -0.131. The van der Waals surface area contributed by atoms with Crippen LogP contribution in [0.1, 0.15) is 5.56 Å². The van der Waals surface area contributed by atoms with Crippen molar-refractivity contribution in [1.82, 2.24) is 0 Å². The third-order valence-corrected chi connectivity index (χ3v) is 2.17. The number of carboxylic acid groups (broad SMARTS) is 1. The molecule has 0 saturated carbocycles. The molecule has 0 aliphatic carbocycles. The molecule has 1 aliphatic rings. The number of hydrogen-bond acceptors (Lipinski definition) is 3. The van der Waals surface area contributed by atoms with E-state index in [-0.39, 0.29) is 0 Å². The molecule has 0 aromatic heterocycles. The van der Waals surface area contributed by atoms with E-state index in [1.54, 1.807) is 0 Å². The molecule has 0 radical (unpaired) electrons. The first-order chi connectivity index (χ1) is 7.25. The van der Waals surface area contributed by atoms with Gasteiger partial charge in [0.25, 0.3) is 0 Å². The first-order valence-corrected chi connectivity index (χ1v) is 4.67. The Bertz CT molecular complexity index is 412. The quantitative estimate of drug-likeness (QED) is 0.736. The zero-order valence-corrected chi connectivity index (χ0v) is 8.06.